The van der Waals surface area contributed by atoms with Crippen LogP contribution in [0, 0.1) is 0 Å². The van der Waals surface area contributed by atoms with Crippen molar-refractivity contribution in [2.45, 2.75) is 26.1 Å². The van der Waals surface area contributed by atoms with E-state index in [9.17, 15) is 4.79 Å². The van der Waals surface area contributed by atoms with Gasteiger partial charge in [-0.25, -0.2) is 0 Å². The van der Waals surface area contributed by atoms with E-state index in [0.717, 1.165) is 29.3 Å². The maximum absolute atomic E-state index is 12.5. The maximum Gasteiger partial charge on any atom is 0.287 e. The molecule has 174 valence electrons. The second-order valence-electron chi connectivity index (χ2n) is 8.04. The van der Waals surface area contributed by atoms with Crippen LogP contribution in [-0.4, -0.2) is 29.4 Å². The molecule has 2 aromatic carbocycles. The highest BCUT2D eigenvalue weighted by atomic mass is 16.5. The molecule has 0 saturated heterocycles. The van der Waals surface area contributed by atoms with Crippen molar-refractivity contribution in [3.8, 4) is 5.75 Å². The summed E-state index contributed by atoms with van der Waals surface area (Å²) in [5, 5.41) is 2.91. The minimum absolute atomic E-state index is 0.221. The molecule has 4 aromatic rings. The Morgan fingerprint density at radius 3 is 2.50 bits per heavy atom. The van der Waals surface area contributed by atoms with Gasteiger partial charge in [-0.05, 0) is 35.9 Å². The first-order valence-electron chi connectivity index (χ1n) is 11.4. The van der Waals surface area contributed by atoms with Gasteiger partial charge in [0, 0.05) is 43.5 Å². The second kappa shape index (κ2) is 11.8. The molecule has 2 heterocycles. The van der Waals surface area contributed by atoms with Gasteiger partial charge in [-0.3, -0.25) is 14.7 Å². The molecule has 0 bridgehead atoms. The van der Waals surface area contributed by atoms with Crippen LogP contribution in [-0.2, 0) is 26.1 Å². The fourth-order valence-electron chi connectivity index (χ4n) is 3.83. The van der Waals surface area contributed by atoms with Gasteiger partial charge in [-0.2, -0.15) is 0 Å². The summed E-state index contributed by atoms with van der Waals surface area (Å²) in [4.78, 5) is 19.1. The van der Waals surface area contributed by atoms with Crippen molar-refractivity contribution in [3.05, 3.63) is 119 Å². The van der Waals surface area contributed by atoms with Gasteiger partial charge in [0.05, 0.1) is 13.7 Å². The number of carbonyl (C=O) groups excluding carboxylic acids is 1. The van der Waals surface area contributed by atoms with Gasteiger partial charge in [-0.15, -0.1) is 0 Å². The molecule has 0 atom stereocenters. The van der Waals surface area contributed by atoms with Crippen LogP contribution in [0.1, 0.15) is 33.1 Å². The number of nitrogens with zero attached hydrogens (tertiary/aromatic N) is 2. The van der Waals surface area contributed by atoms with Crippen molar-refractivity contribution < 1.29 is 13.9 Å². The van der Waals surface area contributed by atoms with Crippen molar-refractivity contribution in [3.63, 3.8) is 0 Å². The van der Waals surface area contributed by atoms with Crippen LogP contribution in [0.25, 0.3) is 0 Å². The summed E-state index contributed by atoms with van der Waals surface area (Å²) in [7, 11) is 1.69. The molecule has 0 unspecified atom stereocenters. The normalized spacial score (nSPS) is 10.9. The lowest BCUT2D eigenvalue weighted by atomic mass is 10.1. The van der Waals surface area contributed by atoms with Crippen molar-refractivity contribution in [1.29, 1.82) is 0 Å². The highest BCUT2D eigenvalue weighted by molar-refractivity contribution is 5.91. The van der Waals surface area contributed by atoms with Crippen LogP contribution < -0.4 is 10.1 Å². The van der Waals surface area contributed by atoms with Crippen molar-refractivity contribution in [2.24, 2.45) is 0 Å². The summed E-state index contributed by atoms with van der Waals surface area (Å²) >= 11 is 0. The number of benzene rings is 2. The summed E-state index contributed by atoms with van der Waals surface area (Å²) in [6.45, 7) is 2.49. The number of pyridine rings is 1. The Labute approximate surface area is 200 Å². The molecule has 0 aliphatic heterocycles. The smallest absolute Gasteiger partial charge is 0.287 e. The van der Waals surface area contributed by atoms with Crippen LogP contribution in [0.4, 0.5) is 0 Å². The fourth-order valence-corrected chi connectivity index (χ4v) is 3.83. The fraction of sp³-hybridized carbons (Fsp3) is 0.214. The molecular formula is C28H29N3O3. The van der Waals surface area contributed by atoms with Gasteiger partial charge in [0.25, 0.3) is 5.91 Å². The molecule has 0 spiro atoms. The largest absolute Gasteiger partial charge is 0.496 e. The molecule has 34 heavy (non-hydrogen) atoms. The van der Waals surface area contributed by atoms with E-state index in [1.54, 1.807) is 19.4 Å². The van der Waals surface area contributed by atoms with E-state index in [4.69, 9.17) is 9.15 Å². The van der Waals surface area contributed by atoms with Crippen LogP contribution in [0.5, 0.6) is 5.75 Å². The minimum Gasteiger partial charge on any atom is -0.496 e. The average Bonchev–Trinajstić information content (AvgIpc) is 3.34. The number of hydrogen-bond acceptors (Lipinski definition) is 5. The Kier molecular flexibility index (Phi) is 8.08. The van der Waals surface area contributed by atoms with Gasteiger partial charge < -0.3 is 14.5 Å². The summed E-state index contributed by atoms with van der Waals surface area (Å²) in [5.41, 5.74) is 3.24. The number of aromatic nitrogens is 1. The number of carbonyl (C=O) groups is 1. The average molecular weight is 456 g/mol. The first-order chi connectivity index (χ1) is 16.7. The monoisotopic (exact) mass is 455 g/mol. The van der Waals surface area contributed by atoms with Crippen LogP contribution >= 0.6 is 0 Å². The molecule has 1 amide bonds. The lowest BCUT2D eigenvalue weighted by Crippen LogP contribution is -2.25. The molecule has 2 aromatic heterocycles. The van der Waals surface area contributed by atoms with Gasteiger partial charge in [0.2, 0.25) is 0 Å². The number of hydrogen-bond donors (Lipinski definition) is 1. The Balaban J connectivity index is 1.41. The van der Waals surface area contributed by atoms with Gasteiger partial charge in [0.1, 0.15) is 11.5 Å². The number of furan rings is 1. The number of amides is 1. The number of nitrogens with one attached hydrogen (secondary N) is 1. The zero-order valence-corrected chi connectivity index (χ0v) is 19.3. The third kappa shape index (κ3) is 6.56. The Hall–Kier alpha value is -3.90. The molecule has 0 radical (unpaired) electrons. The number of methoxy groups -OCH3 is 1. The molecule has 0 fully saturated rings. The van der Waals surface area contributed by atoms with Crippen molar-refractivity contribution in [1.82, 2.24) is 15.2 Å². The van der Waals surface area contributed by atoms with E-state index in [0.29, 0.717) is 31.8 Å². The van der Waals surface area contributed by atoms with Gasteiger partial charge in [0.15, 0.2) is 5.76 Å². The number of rotatable bonds is 11. The molecule has 1 N–H and O–H groups in total. The second-order valence-corrected chi connectivity index (χ2v) is 8.04. The van der Waals surface area contributed by atoms with E-state index in [1.807, 2.05) is 60.7 Å². The highest BCUT2D eigenvalue weighted by Gasteiger charge is 2.16. The van der Waals surface area contributed by atoms with Crippen molar-refractivity contribution in [2.75, 3.05) is 13.7 Å². The number of para-hydroxylation sites is 1. The molecule has 0 saturated carbocycles. The SMILES string of the molecule is COc1ccccc1CN(Cc1ccccc1)Cc1ccc(C(=O)NCCc2ccccn2)o1. The third-order valence-electron chi connectivity index (χ3n) is 5.49. The van der Waals surface area contributed by atoms with E-state index >= 15 is 0 Å². The van der Waals surface area contributed by atoms with Gasteiger partial charge >= 0.3 is 0 Å². The van der Waals surface area contributed by atoms with E-state index in [1.165, 1.54) is 5.56 Å². The van der Waals surface area contributed by atoms with E-state index in [-0.39, 0.29) is 5.91 Å². The minimum atomic E-state index is -0.221. The van der Waals surface area contributed by atoms with Gasteiger partial charge in [-0.1, -0.05) is 54.6 Å². The first-order valence-corrected chi connectivity index (χ1v) is 11.4. The van der Waals surface area contributed by atoms with Crippen LogP contribution in [0.2, 0.25) is 0 Å². The third-order valence-corrected chi connectivity index (χ3v) is 5.49. The van der Waals surface area contributed by atoms with Crippen LogP contribution in [0.15, 0.2) is 95.5 Å². The van der Waals surface area contributed by atoms with E-state index < -0.39 is 0 Å². The summed E-state index contributed by atoms with van der Waals surface area (Å²) in [5.74, 6) is 1.68. The zero-order valence-electron chi connectivity index (χ0n) is 19.3. The maximum atomic E-state index is 12.5. The summed E-state index contributed by atoms with van der Waals surface area (Å²) < 4.78 is 11.5. The zero-order chi connectivity index (χ0) is 23.6. The molecule has 4 rings (SSSR count). The Morgan fingerprint density at radius 2 is 1.71 bits per heavy atom. The lowest BCUT2D eigenvalue weighted by Gasteiger charge is -2.22. The molecule has 6 nitrogen and oxygen atoms in total. The molecule has 0 aliphatic rings. The topological polar surface area (TPSA) is 67.6 Å². The van der Waals surface area contributed by atoms with Crippen molar-refractivity contribution >= 4 is 5.91 Å². The lowest BCUT2D eigenvalue weighted by molar-refractivity contribution is 0.0922. The Morgan fingerprint density at radius 1 is 0.912 bits per heavy atom. The standard InChI is InChI=1S/C28H29N3O3/c1-33-26-13-6-5-11-23(26)20-31(19-22-9-3-2-4-10-22)21-25-14-15-27(34-25)28(32)30-18-16-24-12-7-8-17-29-24/h2-15,17H,16,18-21H2,1H3,(H,30,32). The quantitative estimate of drug-likeness (QED) is 0.350. The summed E-state index contributed by atoms with van der Waals surface area (Å²) in [6, 6.07) is 27.7. The number of ether oxygens (including phenoxy) is 1. The highest BCUT2D eigenvalue weighted by Crippen LogP contribution is 2.22. The van der Waals surface area contributed by atoms with Crippen LogP contribution in [0.3, 0.4) is 0 Å². The predicted octanol–water partition coefficient (Wildman–Crippen LogP) is 4.86. The molecule has 0 aliphatic carbocycles. The predicted molar refractivity (Wildman–Crippen MR) is 131 cm³/mol. The summed E-state index contributed by atoms with van der Waals surface area (Å²) in [6.07, 6.45) is 2.42. The Bertz CT molecular complexity index is 1180. The molecule has 6 heteroatoms. The first kappa shape index (κ1) is 23.3. The van der Waals surface area contributed by atoms with E-state index in [2.05, 4.69) is 33.4 Å². The molecular weight excluding hydrogens is 426 g/mol.